The third-order valence-corrected chi connectivity index (χ3v) is 3.20. The van der Waals surface area contributed by atoms with Gasteiger partial charge in [-0.2, -0.15) is 0 Å². The molecule has 0 saturated heterocycles. The summed E-state index contributed by atoms with van der Waals surface area (Å²) in [6, 6.07) is 0. The van der Waals surface area contributed by atoms with E-state index in [1.54, 1.807) is 6.08 Å². The Hall–Kier alpha value is -2.13. The number of carboxylic acid groups (broad SMARTS) is 1. The number of aliphatic carboxylic acids is 1. The monoisotopic (exact) mass is 344 g/mol. The van der Waals surface area contributed by atoms with Crippen molar-refractivity contribution >= 4 is 5.97 Å². The van der Waals surface area contributed by atoms with E-state index in [9.17, 15) is 9.90 Å². The number of hydrogen-bond donors (Lipinski definition) is 2. The Balaban J connectivity index is 3.71. The Labute approximate surface area is 152 Å². The summed E-state index contributed by atoms with van der Waals surface area (Å²) < 4.78 is 0. The maximum absolute atomic E-state index is 10.3. The summed E-state index contributed by atoms with van der Waals surface area (Å²) in [5.41, 5.74) is 0. The average molecular weight is 344 g/mol. The molecule has 0 heterocycles. The quantitative estimate of drug-likeness (QED) is 0.322. The zero-order valence-corrected chi connectivity index (χ0v) is 15.3. The van der Waals surface area contributed by atoms with Crippen LogP contribution in [0.4, 0.5) is 0 Å². The number of allylic oxidation sites excluding steroid dienone is 10. The van der Waals surface area contributed by atoms with E-state index in [2.05, 4.69) is 37.3 Å². The largest absolute Gasteiger partial charge is 0.481 e. The molecule has 0 fully saturated rings. The number of hydrogen-bond acceptors (Lipinski definition) is 2. The van der Waals surface area contributed by atoms with Crippen molar-refractivity contribution in [3.63, 3.8) is 0 Å². The maximum Gasteiger partial charge on any atom is 0.303 e. The van der Waals surface area contributed by atoms with Gasteiger partial charge in [0.2, 0.25) is 0 Å². The predicted octanol–water partition coefficient (Wildman–Crippen LogP) is 5.52. The van der Waals surface area contributed by atoms with Crippen LogP contribution in [-0.4, -0.2) is 22.3 Å². The van der Waals surface area contributed by atoms with E-state index < -0.39 is 12.1 Å². The topological polar surface area (TPSA) is 57.5 Å². The smallest absolute Gasteiger partial charge is 0.303 e. The SMILES string of the molecule is CCC=CCC=CCC(O)C=CC=CCC=CCC=CCCC(=O)O. The molecule has 0 rings (SSSR count). The van der Waals surface area contributed by atoms with Crippen molar-refractivity contribution in [2.75, 3.05) is 0 Å². The summed E-state index contributed by atoms with van der Waals surface area (Å²) in [5, 5.41) is 18.3. The van der Waals surface area contributed by atoms with Gasteiger partial charge >= 0.3 is 5.97 Å². The first-order chi connectivity index (χ1) is 12.2. The first kappa shape index (κ1) is 22.9. The van der Waals surface area contributed by atoms with Crippen LogP contribution in [0.25, 0.3) is 0 Å². The second kappa shape index (κ2) is 18.2. The molecular formula is C22H32O3. The van der Waals surface area contributed by atoms with Gasteiger partial charge in [0.1, 0.15) is 0 Å². The minimum Gasteiger partial charge on any atom is -0.481 e. The Bertz CT molecular complexity index is 493. The first-order valence-corrected chi connectivity index (χ1v) is 9.00. The molecule has 0 bridgehead atoms. The van der Waals surface area contributed by atoms with Crippen molar-refractivity contribution in [1.82, 2.24) is 0 Å². The van der Waals surface area contributed by atoms with Gasteiger partial charge in [0.25, 0.3) is 0 Å². The van der Waals surface area contributed by atoms with Crippen molar-refractivity contribution in [3.8, 4) is 0 Å². The Morgan fingerprint density at radius 1 is 0.840 bits per heavy atom. The molecule has 3 heteroatoms. The van der Waals surface area contributed by atoms with Crippen LogP contribution < -0.4 is 0 Å². The Morgan fingerprint density at radius 3 is 2.12 bits per heavy atom. The Kier molecular flexibility index (Phi) is 16.7. The van der Waals surface area contributed by atoms with E-state index in [0.29, 0.717) is 12.8 Å². The lowest BCUT2D eigenvalue weighted by molar-refractivity contribution is -0.136. The molecule has 3 nitrogen and oxygen atoms in total. The summed E-state index contributed by atoms with van der Waals surface area (Å²) in [6.45, 7) is 2.11. The fraction of sp³-hybridized carbons (Fsp3) is 0.409. The molecule has 0 spiro atoms. The molecule has 25 heavy (non-hydrogen) atoms. The lowest BCUT2D eigenvalue weighted by atomic mass is 10.2. The summed E-state index contributed by atoms with van der Waals surface area (Å²) in [6.07, 6.45) is 28.6. The van der Waals surface area contributed by atoms with E-state index in [4.69, 9.17) is 5.11 Å². The van der Waals surface area contributed by atoms with Crippen LogP contribution in [0.15, 0.2) is 72.9 Å². The van der Waals surface area contributed by atoms with Crippen molar-refractivity contribution < 1.29 is 15.0 Å². The van der Waals surface area contributed by atoms with Gasteiger partial charge in [0.05, 0.1) is 6.10 Å². The lowest BCUT2D eigenvalue weighted by Gasteiger charge is -1.98. The fourth-order valence-electron chi connectivity index (χ4n) is 1.87. The molecule has 0 aromatic heterocycles. The highest BCUT2D eigenvalue weighted by Gasteiger charge is 1.92. The van der Waals surface area contributed by atoms with Crippen LogP contribution in [0.5, 0.6) is 0 Å². The third-order valence-electron chi connectivity index (χ3n) is 3.20. The summed E-state index contributed by atoms with van der Waals surface area (Å²) in [4.78, 5) is 10.3. The standard InChI is InChI=1S/C22H32O3/c1-2-3-4-5-12-15-18-21(23)19-16-13-10-8-6-7-9-11-14-17-20-22(24)25/h3-4,6-7,10-16,19,21,23H,2,5,8-9,17-18,20H2,1H3,(H,24,25). The highest BCUT2D eigenvalue weighted by molar-refractivity contribution is 5.66. The molecule has 0 saturated carbocycles. The van der Waals surface area contributed by atoms with Crippen LogP contribution in [-0.2, 0) is 4.79 Å². The van der Waals surface area contributed by atoms with Gasteiger partial charge in [0, 0.05) is 6.42 Å². The molecule has 0 amide bonds. The van der Waals surface area contributed by atoms with Gasteiger partial charge in [-0.25, -0.2) is 0 Å². The second-order valence-electron chi connectivity index (χ2n) is 5.55. The zero-order valence-electron chi connectivity index (χ0n) is 15.3. The molecule has 0 radical (unpaired) electrons. The highest BCUT2D eigenvalue weighted by Crippen LogP contribution is 1.99. The van der Waals surface area contributed by atoms with E-state index in [1.165, 1.54) is 0 Å². The minimum atomic E-state index is -0.761. The molecule has 0 aliphatic carbocycles. The molecule has 2 N–H and O–H groups in total. The average Bonchev–Trinajstić information content (AvgIpc) is 2.58. The minimum absolute atomic E-state index is 0.187. The van der Waals surface area contributed by atoms with E-state index in [-0.39, 0.29) is 6.42 Å². The third kappa shape index (κ3) is 19.8. The van der Waals surface area contributed by atoms with E-state index in [1.807, 2.05) is 36.5 Å². The highest BCUT2D eigenvalue weighted by atomic mass is 16.4. The number of aliphatic hydroxyl groups excluding tert-OH is 1. The molecule has 1 unspecified atom stereocenters. The second-order valence-corrected chi connectivity index (χ2v) is 5.55. The van der Waals surface area contributed by atoms with Crippen molar-refractivity contribution in [3.05, 3.63) is 72.9 Å². The molecule has 0 aliphatic heterocycles. The zero-order chi connectivity index (χ0) is 18.6. The van der Waals surface area contributed by atoms with Gasteiger partial charge in [0.15, 0.2) is 0 Å². The van der Waals surface area contributed by atoms with E-state index >= 15 is 0 Å². The van der Waals surface area contributed by atoms with Crippen LogP contribution in [0.1, 0.15) is 51.9 Å². The van der Waals surface area contributed by atoms with E-state index in [0.717, 1.165) is 25.7 Å². The van der Waals surface area contributed by atoms with Gasteiger partial charge in [-0.05, 0) is 38.5 Å². The molecule has 0 aromatic rings. The van der Waals surface area contributed by atoms with Gasteiger partial charge in [-0.3, -0.25) is 4.79 Å². The number of carbonyl (C=O) groups is 1. The van der Waals surface area contributed by atoms with Gasteiger partial charge < -0.3 is 10.2 Å². The van der Waals surface area contributed by atoms with Crippen LogP contribution in [0, 0.1) is 0 Å². The normalized spacial score (nSPS) is 14.3. The van der Waals surface area contributed by atoms with Crippen LogP contribution in [0.2, 0.25) is 0 Å². The molecule has 0 aliphatic rings. The number of aliphatic hydroxyl groups is 1. The number of carboxylic acids is 1. The van der Waals surface area contributed by atoms with Gasteiger partial charge in [-0.1, -0.05) is 79.8 Å². The van der Waals surface area contributed by atoms with Crippen LogP contribution >= 0.6 is 0 Å². The Morgan fingerprint density at radius 2 is 1.44 bits per heavy atom. The molecular weight excluding hydrogens is 312 g/mol. The van der Waals surface area contributed by atoms with Crippen LogP contribution in [0.3, 0.4) is 0 Å². The van der Waals surface area contributed by atoms with Crippen molar-refractivity contribution in [2.45, 2.75) is 58.0 Å². The molecule has 138 valence electrons. The summed E-state index contributed by atoms with van der Waals surface area (Å²) in [5.74, 6) is -0.761. The fourth-order valence-corrected chi connectivity index (χ4v) is 1.87. The first-order valence-electron chi connectivity index (χ1n) is 9.00. The van der Waals surface area contributed by atoms with Crippen molar-refractivity contribution in [1.29, 1.82) is 0 Å². The maximum atomic E-state index is 10.3. The summed E-state index contributed by atoms with van der Waals surface area (Å²) in [7, 11) is 0. The lowest BCUT2D eigenvalue weighted by Crippen LogP contribution is -1.98. The van der Waals surface area contributed by atoms with Crippen molar-refractivity contribution in [2.24, 2.45) is 0 Å². The van der Waals surface area contributed by atoms with Gasteiger partial charge in [-0.15, -0.1) is 0 Å². The molecule has 0 aromatic carbocycles. The number of rotatable bonds is 14. The molecule has 1 atom stereocenters. The summed E-state index contributed by atoms with van der Waals surface area (Å²) >= 11 is 0. The predicted molar refractivity (Wildman–Crippen MR) is 106 cm³/mol.